The molecule has 4 aliphatic rings. The van der Waals surface area contributed by atoms with Crippen LogP contribution in [0.1, 0.15) is 256 Å². The smallest absolute Gasteiger partial charge is 0.465 e. The summed E-state index contributed by atoms with van der Waals surface area (Å²) in [7, 11) is 0. The SMILES string of the molecule is CC(C)(C)C1CC(CCOC(=O)OCC(COC(=O)CCC2CC(C(C)(C)C)C(O)C(C(C)(C)C)C2)(COC(=O)CCC2CC(C(C)(C)C)C(O)C(C(C)(C)C)C2)COC(=O)OCCC2CC(C(C)(C)C)C(O)C(C(C)(C)C)C2)CC(C(C)(C)C)C1O. The molecule has 0 radical (unpaired) electrons. The second-order valence-electron chi connectivity index (χ2n) is 37.3. The van der Waals surface area contributed by atoms with Gasteiger partial charge in [-0.25, -0.2) is 9.59 Å². The van der Waals surface area contributed by atoms with Gasteiger partial charge < -0.3 is 48.8 Å². The first kappa shape index (κ1) is 76.8. The molecule has 0 aromatic carbocycles. The largest absolute Gasteiger partial charge is 0.508 e. The van der Waals surface area contributed by atoms with Crippen molar-refractivity contribution in [2.24, 2.45) is 120 Å². The molecule has 0 aromatic heterocycles. The monoisotopic (exact) mass is 1230 g/mol. The van der Waals surface area contributed by atoms with Crippen LogP contribution in [0.2, 0.25) is 0 Å². The molecule has 0 amide bonds. The van der Waals surface area contributed by atoms with E-state index in [2.05, 4.69) is 166 Å². The average Bonchev–Trinajstić information content (AvgIpc) is 3.37. The van der Waals surface area contributed by atoms with Crippen molar-refractivity contribution in [1.29, 1.82) is 0 Å². The number of rotatable bonds is 20. The zero-order valence-electron chi connectivity index (χ0n) is 59.8. The number of ether oxygens (including phenoxy) is 6. The first-order valence-corrected chi connectivity index (χ1v) is 34.1. The van der Waals surface area contributed by atoms with Crippen LogP contribution in [0.5, 0.6) is 0 Å². The molecule has 8 atom stereocenters. The lowest BCUT2D eigenvalue weighted by atomic mass is 9.58. The number of hydrogen-bond acceptors (Lipinski definition) is 14. The summed E-state index contributed by atoms with van der Waals surface area (Å²) in [4.78, 5) is 55.9. The zero-order valence-corrected chi connectivity index (χ0v) is 59.8. The molecule has 4 saturated carbocycles. The fourth-order valence-corrected chi connectivity index (χ4v) is 16.0. The maximum Gasteiger partial charge on any atom is 0.508 e. The second kappa shape index (κ2) is 29.9. The van der Waals surface area contributed by atoms with Gasteiger partial charge in [0, 0.05) is 12.8 Å². The van der Waals surface area contributed by atoms with E-state index in [1.54, 1.807) is 0 Å². The van der Waals surface area contributed by atoms with Crippen LogP contribution < -0.4 is 0 Å². The summed E-state index contributed by atoms with van der Waals surface area (Å²) >= 11 is 0. The van der Waals surface area contributed by atoms with Gasteiger partial charge in [-0.15, -0.1) is 0 Å². The molecular weight excluding hydrogens is 1100 g/mol. The summed E-state index contributed by atoms with van der Waals surface area (Å²) in [5.74, 6) is 0.00180. The summed E-state index contributed by atoms with van der Waals surface area (Å²) in [5, 5.41) is 46.5. The maximum atomic E-state index is 14.1. The van der Waals surface area contributed by atoms with Crippen LogP contribution >= 0.6 is 0 Å². The number of aliphatic hydroxyl groups excluding tert-OH is 4. The maximum absolute atomic E-state index is 14.1. The molecule has 0 aromatic rings. The highest BCUT2D eigenvalue weighted by atomic mass is 16.7. The van der Waals surface area contributed by atoms with E-state index in [0.29, 0.717) is 25.7 Å². The van der Waals surface area contributed by atoms with Gasteiger partial charge in [0.1, 0.15) is 31.8 Å². The van der Waals surface area contributed by atoms with Gasteiger partial charge in [0.15, 0.2) is 0 Å². The molecule has 508 valence electrons. The third-order valence-corrected chi connectivity index (χ3v) is 22.0. The highest BCUT2D eigenvalue weighted by Crippen LogP contribution is 2.53. The molecule has 0 spiro atoms. The van der Waals surface area contributed by atoms with Crippen LogP contribution in [0.15, 0.2) is 0 Å². The highest BCUT2D eigenvalue weighted by molar-refractivity contribution is 5.70. The van der Waals surface area contributed by atoms with Gasteiger partial charge in [0.05, 0.1) is 37.6 Å². The van der Waals surface area contributed by atoms with Crippen molar-refractivity contribution < 1.29 is 68.0 Å². The normalized spacial score (nSPS) is 31.7. The van der Waals surface area contributed by atoms with E-state index in [1.807, 2.05) is 0 Å². The van der Waals surface area contributed by atoms with Crippen molar-refractivity contribution in [3.05, 3.63) is 0 Å². The Morgan fingerprint density at radius 1 is 0.287 bits per heavy atom. The molecule has 0 bridgehead atoms. The Kier molecular flexibility index (Phi) is 26.4. The quantitative estimate of drug-likeness (QED) is 0.0662. The summed E-state index contributed by atoms with van der Waals surface area (Å²) in [6.07, 6.45) is 4.73. The fourth-order valence-electron chi connectivity index (χ4n) is 16.0. The minimum absolute atomic E-state index is 0.0323. The molecule has 0 heterocycles. The van der Waals surface area contributed by atoms with E-state index in [1.165, 1.54) is 0 Å². The van der Waals surface area contributed by atoms with Gasteiger partial charge in [-0.3, -0.25) is 9.59 Å². The van der Waals surface area contributed by atoms with Gasteiger partial charge >= 0.3 is 24.2 Å². The van der Waals surface area contributed by atoms with Gasteiger partial charge in [0.25, 0.3) is 0 Å². The van der Waals surface area contributed by atoms with Crippen LogP contribution in [0.3, 0.4) is 0 Å². The topological polar surface area (TPSA) is 205 Å². The van der Waals surface area contributed by atoms with Crippen molar-refractivity contribution in [2.45, 2.75) is 280 Å². The molecule has 4 rings (SSSR count). The van der Waals surface area contributed by atoms with Crippen LogP contribution in [0.25, 0.3) is 0 Å². The van der Waals surface area contributed by atoms with E-state index in [0.717, 1.165) is 51.4 Å². The Morgan fingerprint density at radius 3 is 0.667 bits per heavy atom. The predicted molar refractivity (Wildman–Crippen MR) is 345 cm³/mol. The lowest BCUT2D eigenvalue weighted by Crippen LogP contribution is -2.48. The highest BCUT2D eigenvalue weighted by Gasteiger charge is 2.51. The molecule has 4 N–H and O–H groups in total. The average molecular weight is 1230 g/mol. The van der Waals surface area contributed by atoms with Gasteiger partial charge in [-0.2, -0.15) is 0 Å². The molecule has 4 aliphatic carbocycles. The van der Waals surface area contributed by atoms with Gasteiger partial charge in [-0.1, -0.05) is 166 Å². The third-order valence-electron chi connectivity index (χ3n) is 22.0. The molecular formula is C73H132O14. The Morgan fingerprint density at radius 2 is 0.471 bits per heavy atom. The Hall–Kier alpha value is -2.68. The first-order chi connectivity index (χ1) is 39.4. The minimum Gasteiger partial charge on any atom is -0.465 e. The van der Waals surface area contributed by atoms with E-state index >= 15 is 0 Å². The Balaban J connectivity index is 1.62. The molecule has 87 heavy (non-hydrogen) atoms. The van der Waals surface area contributed by atoms with E-state index < -0.39 is 80.5 Å². The third kappa shape index (κ3) is 22.8. The van der Waals surface area contributed by atoms with E-state index in [4.69, 9.17) is 28.4 Å². The van der Waals surface area contributed by atoms with Crippen LogP contribution in [-0.2, 0) is 38.0 Å². The fraction of sp³-hybridized carbons (Fsp3) is 0.945. The Labute approximate surface area is 529 Å². The number of carbonyl (C=O) groups is 4. The predicted octanol–water partition coefficient (Wildman–Crippen LogP) is 16.1. The van der Waals surface area contributed by atoms with Crippen molar-refractivity contribution in [3.63, 3.8) is 0 Å². The number of hydrogen-bond donors (Lipinski definition) is 4. The van der Waals surface area contributed by atoms with Crippen LogP contribution in [0.4, 0.5) is 9.59 Å². The second-order valence-corrected chi connectivity index (χ2v) is 37.3. The molecule has 14 nitrogen and oxygen atoms in total. The summed E-state index contributed by atoms with van der Waals surface area (Å²) in [6.45, 7) is 50.1. The van der Waals surface area contributed by atoms with Gasteiger partial charge in [-0.05, 0) is 191 Å². The zero-order chi connectivity index (χ0) is 66.4. The first-order valence-electron chi connectivity index (χ1n) is 34.1. The van der Waals surface area contributed by atoms with Gasteiger partial charge in [0.2, 0.25) is 0 Å². The molecule has 14 heteroatoms. The summed E-state index contributed by atoms with van der Waals surface area (Å²) < 4.78 is 35.7. The van der Waals surface area contributed by atoms with Crippen LogP contribution in [-0.4, -0.2) is 109 Å². The standard InChI is InChI=1S/C73H132O14/c1-65(2,3)49-33-45(34-50(59(49)76)66(4,5)6)25-27-57(74)84-41-73(42-85-58(75)28-26-46-35-51(67(7,8)9)60(77)52(36-46)68(10,11)12,43-86-63(80)82-31-29-47-37-53(69(13,14)15)61(78)54(38-47)70(16,17)18)44-87-64(81)83-32-30-48-39-55(71(19,20)21)62(79)56(40-48)72(22,23)24/h45-56,59-62,76-79H,25-44H2,1-24H3. The number of carbonyl (C=O) groups excluding carboxylic acids is 4. The lowest BCUT2D eigenvalue weighted by Gasteiger charge is -2.49. The lowest BCUT2D eigenvalue weighted by molar-refractivity contribution is -0.160. The van der Waals surface area contributed by atoms with Crippen molar-refractivity contribution in [2.75, 3.05) is 39.6 Å². The summed E-state index contributed by atoms with van der Waals surface area (Å²) in [5.41, 5.74) is -2.74. The molecule has 0 saturated heterocycles. The van der Waals surface area contributed by atoms with Crippen molar-refractivity contribution >= 4 is 24.2 Å². The molecule has 4 fully saturated rings. The van der Waals surface area contributed by atoms with Crippen molar-refractivity contribution in [3.8, 4) is 0 Å². The van der Waals surface area contributed by atoms with E-state index in [-0.39, 0.29) is 140 Å². The number of esters is 2. The summed E-state index contributed by atoms with van der Waals surface area (Å²) in [6, 6.07) is 0. The molecule has 0 aliphatic heterocycles. The minimum atomic E-state index is -1.59. The number of aliphatic hydroxyl groups is 4. The van der Waals surface area contributed by atoms with E-state index in [9.17, 15) is 39.6 Å². The Bertz CT molecular complexity index is 1920. The molecule has 8 unspecified atom stereocenters. The van der Waals surface area contributed by atoms with Crippen LogP contribution in [0, 0.1) is 120 Å². The van der Waals surface area contributed by atoms with Crippen molar-refractivity contribution in [1.82, 2.24) is 0 Å².